The molecular weight excluding hydrogens is 257 g/mol. The fourth-order valence-electron chi connectivity index (χ4n) is 1.14. The summed E-state index contributed by atoms with van der Waals surface area (Å²) >= 11 is 0. The summed E-state index contributed by atoms with van der Waals surface area (Å²) in [5.74, 6) is 0.282. The predicted octanol–water partition coefficient (Wildman–Crippen LogP) is 2.29. The first-order valence-electron chi connectivity index (χ1n) is 4.31. The third-order valence-electron chi connectivity index (χ3n) is 1.88. The van der Waals surface area contributed by atoms with Gasteiger partial charge in [-0.2, -0.15) is 18.3 Å². The topological polar surface area (TPSA) is 56.7 Å². The molecule has 2 heterocycles. The van der Waals surface area contributed by atoms with Gasteiger partial charge < -0.3 is 5.73 Å². The largest absolute Gasteiger partial charge is 0.435 e. The van der Waals surface area contributed by atoms with E-state index < -0.39 is 11.9 Å². The van der Waals surface area contributed by atoms with Gasteiger partial charge in [-0.1, -0.05) is 0 Å². The van der Waals surface area contributed by atoms with E-state index in [4.69, 9.17) is 5.73 Å². The summed E-state index contributed by atoms with van der Waals surface area (Å²) in [5.41, 5.74) is 4.89. The predicted molar refractivity (Wildman–Crippen MR) is 58.0 cm³/mol. The first-order valence-corrected chi connectivity index (χ1v) is 4.31. The second kappa shape index (κ2) is 4.62. The summed E-state index contributed by atoms with van der Waals surface area (Å²) in [6.07, 6.45) is -1.90. The van der Waals surface area contributed by atoms with Crippen LogP contribution in [0.25, 0.3) is 5.82 Å². The fourth-order valence-corrected chi connectivity index (χ4v) is 1.14. The molecule has 0 atom stereocenters. The van der Waals surface area contributed by atoms with Crippen LogP contribution < -0.4 is 5.73 Å². The van der Waals surface area contributed by atoms with Gasteiger partial charge in [0.1, 0.15) is 0 Å². The van der Waals surface area contributed by atoms with Gasteiger partial charge in [-0.15, -0.1) is 12.4 Å². The van der Waals surface area contributed by atoms with Gasteiger partial charge in [0.25, 0.3) is 0 Å². The highest BCUT2D eigenvalue weighted by Gasteiger charge is 2.33. The average molecular weight is 265 g/mol. The van der Waals surface area contributed by atoms with E-state index in [2.05, 4.69) is 10.1 Å². The molecule has 0 unspecified atom stereocenters. The van der Waals surface area contributed by atoms with Gasteiger partial charge in [0.2, 0.25) is 0 Å². The first kappa shape index (κ1) is 13.3. The lowest BCUT2D eigenvalue weighted by molar-refractivity contribution is -0.141. The number of hydrogen-bond donors (Lipinski definition) is 1. The van der Waals surface area contributed by atoms with Gasteiger partial charge >= 0.3 is 6.18 Å². The maximum Gasteiger partial charge on any atom is 0.435 e. The molecule has 17 heavy (non-hydrogen) atoms. The summed E-state index contributed by atoms with van der Waals surface area (Å²) in [6, 6.07) is 3.91. The van der Waals surface area contributed by atoms with Crippen molar-refractivity contribution in [3.63, 3.8) is 0 Å². The van der Waals surface area contributed by atoms with Gasteiger partial charge in [-0.05, 0) is 18.2 Å². The van der Waals surface area contributed by atoms with Crippen LogP contribution in [0, 0.1) is 0 Å². The second-order valence-electron chi connectivity index (χ2n) is 3.09. The Morgan fingerprint density at radius 3 is 2.35 bits per heavy atom. The number of pyridine rings is 1. The van der Waals surface area contributed by atoms with Crippen LogP contribution in [0.5, 0.6) is 0 Å². The highest BCUT2D eigenvalue weighted by molar-refractivity contribution is 5.85. The normalized spacial score (nSPS) is 11.0. The van der Waals surface area contributed by atoms with Crippen molar-refractivity contribution in [2.75, 3.05) is 5.73 Å². The minimum absolute atomic E-state index is 0. The Bertz CT molecular complexity index is 492. The Balaban J connectivity index is 0.00000144. The van der Waals surface area contributed by atoms with Crippen molar-refractivity contribution >= 4 is 18.1 Å². The van der Waals surface area contributed by atoms with Gasteiger partial charge in [0.15, 0.2) is 11.5 Å². The standard InChI is InChI=1S/C9H7F3N4.ClH/c10-9(11,12)7-3-4-16(15-7)8-2-1-6(13)5-14-8;/h1-5H,13H2;1H. The van der Waals surface area contributed by atoms with Crippen LogP contribution in [-0.4, -0.2) is 14.8 Å². The van der Waals surface area contributed by atoms with Crippen molar-refractivity contribution in [3.05, 3.63) is 36.3 Å². The van der Waals surface area contributed by atoms with E-state index in [0.29, 0.717) is 5.69 Å². The number of aromatic nitrogens is 3. The molecule has 0 bridgehead atoms. The molecule has 0 saturated heterocycles. The Kier molecular flexibility index (Phi) is 3.62. The van der Waals surface area contributed by atoms with Crippen LogP contribution in [0.3, 0.4) is 0 Å². The first-order chi connectivity index (χ1) is 7.47. The average Bonchev–Trinajstić information content (AvgIpc) is 2.67. The summed E-state index contributed by atoms with van der Waals surface area (Å²) in [6.45, 7) is 0. The molecule has 8 heteroatoms. The van der Waals surface area contributed by atoms with Crippen molar-refractivity contribution in [2.45, 2.75) is 6.18 Å². The molecule has 0 spiro atoms. The van der Waals surface area contributed by atoms with Crippen LogP contribution in [0.2, 0.25) is 0 Å². The Morgan fingerprint density at radius 1 is 1.18 bits per heavy atom. The molecule has 2 rings (SSSR count). The molecule has 0 aliphatic rings. The lowest BCUT2D eigenvalue weighted by Crippen LogP contribution is -2.07. The number of hydrogen-bond acceptors (Lipinski definition) is 3. The molecule has 0 radical (unpaired) electrons. The number of nitrogens with two attached hydrogens (primary N) is 1. The van der Waals surface area contributed by atoms with Crippen LogP contribution >= 0.6 is 12.4 Å². The molecule has 2 aromatic heterocycles. The Hall–Kier alpha value is -1.76. The van der Waals surface area contributed by atoms with Crippen LogP contribution in [-0.2, 0) is 6.18 Å². The molecular formula is C9H8ClF3N4. The Labute approximate surface area is 101 Å². The molecule has 92 valence electrons. The van der Waals surface area contributed by atoms with E-state index in [1.54, 1.807) is 0 Å². The zero-order chi connectivity index (χ0) is 11.8. The van der Waals surface area contributed by atoms with E-state index in [0.717, 1.165) is 10.7 Å². The molecule has 2 aromatic rings. The number of halogens is 4. The second-order valence-corrected chi connectivity index (χ2v) is 3.09. The quantitative estimate of drug-likeness (QED) is 0.860. The summed E-state index contributed by atoms with van der Waals surface area (Å²) < 4.78 is 37.8. The van der Waals surface area contributed by atoms with E-state index in [-0.39, 0.29) is 18.2 Å². The van der Waals surface area contributed by atoms with Gasteiger partial charge in [-0.25, -0.2) is 9.67 Å². The fraction of sp³-hybridized carbons (Fsp3) is 0.111. The van der Waals surface area contributed by atoms with Gasteiger partial charge in [-0.3, -0.25) is 0 Å². The summed E-state index contributed by atoms with van der Waals surface area (Å²) in [4.78, 5) is 3.85. The Morgan fingerprint density at radius 2 is 1.88 bits per heavy atom. The zero-order valence-corrected chi connectivity index (χ0v) is 9.16. The molecule has 0 aromatic carbocycles. The summed E-state index contributed by atoms with van der Waals surface area (Å²) in [7, 11) is 0. The maximum absolute atomic E-state index is 12.3. The molecule has 0 saturated carbocycles. The van der Waals surface area contributed by atoms with Crippen LogP contribution in [0.1, 0.15) is 5.69 Å². The number of anilines is 1. The van der Waals surface area contributed by atoms with Crippen molar-refractivity contribution in [1.29, 1.82) is 0 Å². The van der Waals surface area contributed by atoms with Crippen LogP contribution in [0.15, 0.2) is 30.6 Å². The number of alkyl halides is 3. The van der Waals surface area contributed by atoms with E-state index >= 15 is 0 Å². The SMILES string of the molecule is Cl.Nc1ccc(-n2ccc(C(F)(F)F)n2)nc1. The maximum atomic E-state index is 12.3. The smallest absolute Gasteiger partial charge is 0.397 e. The highest BCUT2D eigenvalue weighted by Crippen LogP contribution is 2.27. The number of nitrogens with zero attached hydrogens (tertiary/aromatic N) is 3. The lowest BCUT2D eigenvalue weighted by Gasteiger charge is -2.02. The monoisotopic (exact) mass is 264 g/mol. The lowest BCUT2D eigenvalue weighted by atomic mass is 10.4. The summed E-state index contributed by atoms with van der Waals surface area (Å²) in [5, 5.41) is 3.37. The van der Waals surface area contributed by atoms with E-state index in [1.165, 1.54) is 24.5 Å². The van der Waals surface area contributed by atoms with E-state index in [9.17, 15) is 13.2 Å². The van der Waals surface area contributed by atoms with Gasteiger partial charge in [0.05, 0.1) is 11.9 Å². The van der Waals surface area contributed by atoms with Crippen LogP contribution in [0.4, 0.5) is 18.9 Å². The van der Waals surface area contributed by atoms with E-state index in [1.807, 2.05) is 0 Å². The van der Waals surface area contributed by atoms with Gasteiger partial charge in [0, 0.05) is 6.20 Å². The molecule has 0 aliphatic carbocycles. The minimum atomic E-state index is -4.45. The highest BCUT2D eigenvalue weighted by atomic mass is 35.5. The third-order valence-corrected chi connectivity index (χ3v) is 1.88. The molecule has 0 fully saturated rings. The van der Waals surface area contributed by atoms with Crippen molar-refractivity contribution < 1.29 is 13.2 Å². The minimum Gasteiger partial charge on any atom is -0.397 e. The number of nitrogen functional groups attached to an aromatic ring is 1. The molecule has 0 amide bonds. The zero-order valence-electron chi connectivity index (χ0n) is 8.35. The third kappa shape index (κ3) is 2.88. The molecule has 4 nitrogen and oxygen atoms in total. The molecule has 2 N–H and O–H groups in total. The van der Waals surface area contributed by atoms with Crippen molar-refractivity contribution in [1.82, 2.24) is 14.8 Å². The van der Waals surface area contributed by atoms with Crippen molar-refractivity contribution in [3.8, 4) is 5.82 Å². The molecule has 0 aliphatic heterocycles. The van der Waals surface area contributed by atoms with Crippen molar-refractivity contribution in [2.24, 2.45) is 0 Å². The number of rotatable bonds is 1.